The molecule has 8 nitrogen and oxygen atoms in total. The van der Waals surface area contributed by atoms with Crippen molar-refractivity contribution in [3.05, 3.63) is 83.0 Å². The molecule has 1 aromatic carbocycles. The van der Waals surface area contributed by atoms with E-state index in [1.54, 1.807) is 54.0 Å². The van der Waals surface area contributed by atoms with Crippen molar-refractivity contribution in [2.45, 2.75) is 15.9 Å². The molecule has 0 saturated carbocycles. The van der Waals surface area contributed by atoms with Crippen LogP contribution in [0.3, 0.4) is 0 Å². The second-order valence-corrected chi connectivity index (χ2v) is 10.4. The molecule has 10 heteroatoms. The zero-order valence-electron chi connectivity index (χ0n) is 16.8. The zero-order valence-corrected chi connectivity index (χ0v) is 18.4. The lowest BCUT2D eigenvalue weighted by Crippen LogP contribution is -2.36. The topological polar surface area (TPSA) is 114 Å². The van der Waals surface area contributed by atoms with Crippen molar-refractivity contribution < 1.29 is 22.8 Å². The lowest BCUT2D eigenvalue weighted by atomic mass is 10.1. The standard InChI is InChI=1S/C22H19N3O5S2/c26-19(9-11-25-21(27)16-6-1-2-7-17(16)22(25)28)24-14-18(15-5-3-10-23-13-15)32(29,30)20-8-4-12-31-20/h1-8,10,12-13,18H,9,11,14H2,(H,24,26). The van der Waals surface area contributed by atoms with E-state index in [0.717, 1.165) is 16.2 Å². The van der Waals surface area contributed by atoms with Crippen molar-refractivity contribution in [2.24, 2.45) is 0 Å². The predicted molar refractivity (Wildman–Crippen MR) is 118 cm³/mol. The van der Waals surface area contributed by atoms with Crippen molar-refractivity contribution in [3.63, 3.8) is 0 Å². The van der Waals surface area contributed by atoms with Gasteiger partial charge in [0.25, 0.3) is 11.8 Å². The number of benzene rings is 1. The fourth-order valence-electron chi connectivity index (χ4n) is 3.49. The molecule has 1 atom stereocenters. The molecular weight excluding hydrogens is 450 g/mol. The smallest absolute Gasteiger partial charge is 0.261 e. The quantitative estimate of drug-likeness (QED) is 0.507. The lowest BCUT2D eigenvalue weighted by Gasteiger charge is -2.18. The van der Waals surface area contributed by atoms with E-state index in [1.807, 2.05) is 0 Å². The maximum absolute atomic E-state index is 13.1. The van der Waals surface area contributed by atoms with Gasteiger partial charge in [0.15, 0.2) is 9.84 Å². The number of aromatic nitrogens is 1. The monoisotopic (exact) mass is 469 g/mol. The first-order valence-corrected chi connectivity index (χ1v) is 12.2. The maximum Gasteiger partial charge on any atom is 0.261 e. The maximum atomic E-state index is 13.1. The molecule has 0 radical (unpaired) electrons. The number of pyridine rings is 1. The first-order valence-electron chi connectivity index (χ1n) is 9.79. The molecule has 1 aliphatic heterocycles. The van der Waals surface area contributed by atoms with Crippen LogP contribution in [0.15, 0.2) is 70.5 Å². The van der Waals surface area contributed by atoms with Gasteiger partial charge in [-0.2, -0.15) is 0 Å². The number of sulfone groups is 1. The minimum Gasteiger partial charge on any atom is -0.354 e. The predicted octanol–water partition coefficient (Wildman–Crippen LogP) is 2.46. The first-order chi connectivity index (χ1) is 15.4. The third-order valence-corrected chi connectivity index (χ3v) is 8.66. The second kappa shape index (κ2) is 9.01. The Morgan fingerprint density at radius 2 is 1.75 bits per heavy atom. The highest BCUT2D eigenvalue weighted by Gasteiger charge is 2.35. The molecule has 3 heterocycles. The summed E-state index contributed by atoms with van der Waals surface area (Å²) < 4.78 is 26.4. The van der Waals surface area contributed by atoms with E-state index in [1.165, 1.54) is 12.3 Å². The highest BCUT2D eigenvalue weighted by Crippen LogP contribution is 2.30. The molecule has 1 unspecified atom stereocenters. The largest absolute Gasteiger partial charge is 0.354 e. The van der Waals surface area contributed by atoms with Gasteiger partial charge < -0.3 is 5.32 Å². The molecule has 0 aliphatic carbocycles. The molecule has 3 amide bonds. The minimum atomic E-state index is -3.75. The Morgan fingerprint density at radius 3 is 2.34 bits per heavy atom. The molecule has 4 rings (SSSR count). The molecule has 32 heavy (non-hydrogen) atoms. The summed E-state index contributed by atoms with van der Waals surface area (Å²) >= 11 is 1.11. The van der Waals surface area contributed by atoms with Crippen LogP contribution >= 0.6 is 11.3 Å². The van der Waals surface area contributed by atoms with Crippen LogP contribution in [0.25, 0.3) is 0 Å². The summed E-state index contributed by atoms with van der Waals surface area (Å²) in [5.74, 6) is -1.34. The minimum absolute atomic E-state index is 0.0899. The summed E-state index contributed by atoms with van der Waals surface area (Å²) in [7, 11) is -3.75. The van der Waals surface area contributed by atoms with E-state index in [4.69, 9.17) is 0 Å². The van der Waals surface area contributed by atoms with Crippen molar-refractivity contribution in [1.82, 2.24) is 15.2 Å². The molecule has 164 valence electrons. The highest BCUT2D eigenvalue weighted by molar-refractivity contribution is 7.93. The van der Waals surface area contributed by atoms with E-state index in [2.05, 4.69) is 10.3 Å². The van der Waals surface area contributed by atoms with Gasteiger partial charge in [-0.3, -0.25) is 24.3 Å². The molecule has 3 aromatic rings. The highest BCUT2D eigenvalue weighted by atomic mass is 32.2. The van der Waals surface area contributed by atoms with Crippen LogP contribution in [0.1, 0.15) is 38.0 Å². The summed E-state index contributed by atoms with van der Waals surface area (Å²) in [5, 5.41) is 3.29. The number of nitrogens with one attached hydrogen (secondary N) is 1. The van der Waals surface area contributed by atoms with E-state index in [0.29, 0.717) is 16.7 Å². The molecule has 0 spiro atoms. The van der Waals surface area contributed by atoms with Crippen LogP contribution in [-0.2, 0) is 14.6 Å². The van der Waals surface area contributed by atoms with Crippen molar-refractivity contribution >= 4 is 38.9 Å². The van der Waals surface area contributed by atoms with Gasteiger partial charge in [-0.25, -0.2) is 8.42 Å². The Balaban J connectivity index is 1.42. The van der Waals surface area contributed by atoms with Crippen LogP contribution in [0, 0.1) is 0 Å². The summed E-state index contributed by atoms with van der Waals surface area (Å²) in [6, 6.07) is 12.9. The number of carbonyl (C=O) groups excluding carboxylic acids is 3. The van der Waals surface area contributed by atoms with E-state index < -0.39 is 32.8 Å². The summed E-state index contributed by atoms with van der Waals surface area (Å²) in [5.41, 5.74) is 1.09. The second-order valence-electron chi connectivity index (χ2n) is 7.11. The number of carbonyl (C=O) groups is 3. The van der Waals surface area contributed by atoms with Crippen LogP contribution in [-0.4, -0.2) is 49.1 Å². The Kier molecular flexibility index (Phi) is 6.15. The van der Waals surface area contributed by atoms with Crippen LogP contribution in [0.2, 0.25) is 0 Å². The van der Waals surface area contributed by atoms with Gasteiger partial charge in [0.05, 0.1) is 11.1 Å². The summed E-state index contributed by atoms with van der Waals surface area (Å²) in [6.07, 6.45) is 2.87. The fourth-order valence-corrected chi connectivity index (χ4v) is 6.34. The van der Waals surface area contributed by atoms with E-state index in [-0.39, 0.29) is 23.7 Å². The third kappa shape index (κ3) is 4.19. The Bertz CT molecular complexity index is 1220. The molecule has 1 N–H and O–H groups in total. The number of hydrogen-bond donors (Lipinski definition) is 1. The summed E-state index contributed by atoms with van der Waals surface area (Å²) in [4.78, 5) is 42.3. The number of fused-ring (bicyclic) bond motifs is 1. The molecule has 2 aromatic heterocycles. The van der Waals surface area contributed by atoms with Crippen LogP contribution < -0.4 is 5.32 Å². The Labute approximate surface area is 188 Å². The van der Waals surface area contributed by atoms with Crippen molar-refractivity contribution in [2.75, 3.05) is 13.1 Å². The Hall–Kier alpha value is -3.37. The van der Waals surface area contributed by atoms with Crippen molar-refractivity contribution in [1.29, 1.82) is 0 Å². The molecule has 0 bridgehead atoms. The number of amides is 3. The van der Waals surface area contributed by atoms with Gasteiger partial charge in [0.1, 0.15) is 9.46 Å². The van der Waals surface area contributed by atoms with E-state index in [9.17, 15) is 22.8 Å². The van der Waals surface area contributed by atoms with Gasteiger partial charge in [0.2, 0.25) is 5.91 Å². The Morgan fingerprint density at radius 1 is 1.03 bits per heavy atom. The van der Waals surface area contributed by atoms with Crippen LogP contribution in [0.4, 0.5) is 0 Å². The lowest BCUT2D eigenvalue weighted by molar-refractivity contribution is -0.121. The number of thiophene rings is 1. The van der Waals surface area contributed by atoms with Gasteiger partial charge in [-0.05, 0) is 35.2 Å². The number of nitrogens with zero attached hydrogens (tertiary/aromatic N) is 2. The average molecular weight is 470 g/mol. The SMILES string of the molecule is O=C(CCN1C(=O)c2ccccc2C1=O)NCC(c1cccnc1)S(=O)(=O)c1cccs1. The normalized spacial score (nSPS) is 14.3. The number of hydrogen-bond acceptors (Lipinski definition) is 7. The molecule has 1 aliphatic rings. The number of rotatable bonds is 8. The molecule has 0 fully saturated rings. The van der Waals surface area contributed by atoms with Crippen molar-refractivity contribution in [3.8, 4) is 0 Å². The molecule has 0 saturated heterocycles. The zero-order chi connectivity index (χ0) is 22.7. The van der Waals surface area contributed by atoms with E-state index >= 15 is 0 Å². The molecular formula is C22H19N3O5S2. The number of imide groups is 1. The third-order valence-electron chi connectivity index (χ3n) is 5.13. The van der Waals surface area contributed by atoms with Crippen LogP contribution in [0.5, 0.6) is 0 Å². The van der Waals surface area contributed by atoms with Gasteiger partial charge in [-0.1, -0.05) is 24.3 Å². The average Bonchev–Trinajstić information content (AvgIpc) is 3.42. The fraction of sp³-hybridized carbons (Fsp3) is 0.182. The van der Waals surface area contributed by atoms with Gasteiger partial charge >= 0.3 is 0 Å². The first kappa shape index (κ1) is 21.8. The van der Waals surface area contributed by atoms with Gasteiger partial charge in [0, 0.05) is 31.9 Å². The summed E-state index contributed by atoms with van der Waals surface area (Å²) in [6.45, 7) is -0.250. The van der Waals surface area contributed by atoms with Gasteiger partial charge in [-0.15, -0.1) is 11.3 Å².